The van der Waals surface area contributed by atoms with Crippen LogP contribution in [0, 0.1) is 28.9 Å². The highest BCUT2D eigenvalue weighted by atomic mass is 19.1. The van der Waals surface area contributed by atoms with Crippen molar-refractivity contribution in [2.45, 2.75) is 32.8 Å². The van der Waals surface area contributed by atoms with Crippen molar-refractivity contribution in [2.24, 2.45) is 5.41 Å². The summed E-state index contributed by atoms with van der Waals surface area (Å²) >= 11 is 0. The standard InChI is InChI=1S/C27H24F2N2O3/c1-4-19-13-24-18(16-30-31(24)22-10-8-20(28)9-11-22)15-27(19,2)25(32)12-6-17-5-7-21(29)14-23(17)26(33)34-3/h5,7-11,13-14,16,25,32H,4,15H2,1-3H3/t25-,27?/m0/s1. The molecule has 4 rings (SSSR count). The Kier molecular flexibility index (Phi) is 6.36. The topological polar surface area (TPSA) is 64.3 Å². The molecule has 0 saturated carbocycles. The summed E-state index contributed by atoms with van der Waals surface area (Å²) in [6.07, 6.45) is 3.85. The first-order chi connectivity index (χ1) is 16.3. The SMILES string of the molecule is CCC1=Cc2c(cnn2-c2ccc(F)cc2)CC1(C)[C@@H](O)C#Cc1ccc(F)cc1C(=O)OC. The largest absolute Gasteiger partial charge is 0.465 e. The third-order valence-electron chi connectivity index (χ3n) is 6.27. The fraction of sp³-hybridized carbons (Fsp3) is 0.259. The molecule has 174 valence electrons. The second-order valence-corrected chi connectivity index (χ2v) is 8.41. The smallest absolute Gasteiger partial charge is 0.339 e. The number of aliphatic hydroxyl groups is 1. The summed E-state index contributed by atoms with van der Waals surface area (Å²) < 4.78 is 33.5. The highest BCUT2D eigenvalue weighted by Crippen LogP contribution is 2.43. The fourth-order valence-corrected chi connectivity index (χ4v) is 4.30. The number of nitrogens with zero attached hydrogens (tertiary/aromatic N) is 2. The second kappa shape index (κ2) is 9.24. The number of hydrogen-bond donors (Lipinski definition) is 1. The van der Waals surface area contributed by atoms with Gasteiger partial charge in [-0.3, -0.25) is 0 Å². The molecule has 2 aromatic carbocycles. The zero-order chi connectivity index (χ0) is 24.5. The van der Waals surface area contributed by atoms with E-state index in [1.165, 1.54) is 31.4 Å². The molecule has 1 heterocycles. The third-order valence-corrected chi connectivity index (χ3v) is 6.27. The van der Waals surface area contributed by atoms with E-state index in [2.05, 4.69) is 16.9 Å². The van der Waals surface area contributed by atoms with Crippen LogP contribution in [-0.4, -0.2) is 34.1 Å². The van der Waals surface area contributed by atoms with Crippen LogP contribution in [-0.2, 0) is 11.2 Å². The van der Waals surface area contributed by atoms with E-state index in [-0.39, 0.29) is 16.9 Å². The van der Waals surface area contributed by atoms with Crippen LogP contribution in [0.5, 0.6) is 0 Å². The van der Waals surface area contributed by atoms with E-state index in [0.29, 0.717) is 12.8 Å². The van der Waals surface area contributed by atoms with Crippen molar-refractivity contribution in [3.63, 3.8) is 0 Å². The Hall–Kier alpha value is -3.76. The monoisotopic (exact) mass is 462 g/mol. The second-order valence-electron chi connectivity index (χ2n) is 8.41. The zero-order valence-electron chi connectivity index (χ0n) is 19.1. The molecule has 3 aromatic rings. The first-order valence-corrected chi connectivity index (χ1v) is 10.9. The van der Waals surface area contributed by atoms with Gasteiger partial charge in [0, 0.05) is 11.0 Å². The summed E-state index contributed by atoms with van der Waals surface area (Å²) in [6, 6.07) is 9.77. The molecular formula is C27H24F2N2O3. The molecule has 2 atom stereocenters. The molecular weight excluding hydrogens is 438 g/mol. The van der Waals surface area contributed by atoms with Crippen molar-refractivity contribution in [1.82, 2.24) is 9.78 Å². The van der Waals surface area contributed by atoms with Gasteiger partial charge in [-0.25, -0.2) is 18.3 Å². The van der Waals surface area contributed by atoms with Gasteiger partial charge in [0.15, 0.2) is 0 Å². The van der Waals surface area contributed by atoms with Gasteiger partial charge in [0.25, 0.3) is 0 Å². The van der Waals surface area contributed by atoms with Gasteiger partial charge in [0.1, 0.15) is 17.7 Å². The normalized spacial score (nSPS) is 17.8. The maximum Gasteiger partial charge on any atom is 0.339 e. The zero-order valence-corrected chi connectivity index (χ0v) is 19.1. The van der Waals surface area contributed by atoms with Crippen LogP contribution in [0.2, 0.25) is 0 Å². The molecule has 7 heteroatoms. The molecule has 1 N–H and O–H groups in total. The number of fused-ring (bicyclic) bond motifs is 1. The van der Waals surface area contributed by atoms with Crippen molar-refractivity contribution >= 4 is 12.0 Å². The summed E-state index contributed by atoms with van der Waals surface area (Å²) in [5.74, 6) is 4.09. The fourth-order valence-electron chi connectivity index (χ4n) is 4.30. The lowest BCUT2D eigenvalue weighted by Crippen LogP contribution is -2.37. The maximum absolute atomic E-state index is 13.6. The van der Waals surface area contributed by atoms with E-state index in [0.717, 1.165) is 28.6 Å². The molecule has 0 amide bonds. The lowest BCUT2D eigenvalue weighted by molar-refractivity contribution is 0.0599. The van der Waals surface area contributed by atoms with Gasteiger partial charge >= 0.3 is 5.97 Å². The Morgan fingerprint density at radius 1 is 1.24 bits per heavy atom. The van der Waals surface area contributed by atoms with Crippen molar-refractivity contribution in [3.05, 3.63) is 88.3 Å². The van der Waals surface area contributed by atoms with Crippen molar-refractivity contribution in [2.75, 3.05) is 7.11 Å². The molecule has 1 aliphatic rings. The van der Waals surface area contributed by atoms with Gasteiger partial charge in [0.2, 0.25) is 0 Å². The number of aromatic nitrogens is 2. The molecule has 0 aliphatic heterocycles. The minimum Gasteiger partial charge on any atom is -0.465 e. The molecule has 1 unspecified atom stereocenters. The minimum absolute atomic E-state index is 0.00474. The number of esters is 1. The number of carbonyl (C=O) groups excluding carboxylic acids is 1. The molecule has 1 aliphatic carbocycles. The summed E-state index contributed by atoms with van der Waals surface area (Å²) in [5.41, 5.74) is 3.12. The van der Waals surface area contributed by atoms with E-state index < -0.39 is 23.3 Å². The van der Waals surface area contributed by atoms with E-state index in [4.69, 9.17) is 4.74 Å². The highest BCUT2D eigenvalue weighted by molar-refractivity contribution is 5.92. The number of hydrogen-bond acceptors (Lipinski definition) is 4. The van der Waals surface area contributed by atoms with Crippen LogP contribution in [0.15, 0.2) is 54.2 Å². The van der Waals surface area contributed by atoms with Gasteiger partial charge in [-0.2, -0.15) is 5.10 Å². The van der Waals surface area contributed by atoms with Crippen LogP contribution >= 0.6 is 0 Å². The Labute approximate surface area is 196 Å². The Morgan fingerprint density at radius 3 is 2.62 bits per heavy atom. The molecule has 0 radical (unpaired) electrons. The summed E-state index contributed by atoms with van der Waals surface area (Å²) in [7, 11) is 1.21. The van der Waals surface area contributed by atoms with Crippen molar-refractivity contribution in [1.29, 1.82) is 0 Å². The van der Waals surface area contributed by atoms with Gasteiger partial charge in [0.05, 0.1) is 30.3 Å². The predicted octanol–water partition coefficient (Wildman–Crippen LogP) is 4.71. The summed E-state index contributed by atoms with van der Waals surface area (Å²) in [5, 5.41) is 15.6. The van der Waals surface area contributed by atoms with Crippen molar-refractivity contribution < 1.29 is 23.4 Å². The van der Waals surface area contributed by atoms with Crippen LogP contribution in [0.25, 0.3) is 11.8 Å². The van der Waals surface area contributed by atoms with Gasteiger partial charge in [-0.05, 0) is 66.9 Å². The van der Waals surface area contributed by atoms with Crippen LogP contribution in [0.3, 0.4) is 0 Å². The molecule has 5 nitrogen and oxygen atoms in total. The number of carbonyl (C=O) groups is 1. The third kappa shape index (κ3) is 4.25. The summed E-state index contributed by atoms with van der Waals surface area (Å²) in [4.78, 5) is 12.0. The average Bonchev–Trinajstić information content (AvgIpc) is 3.24. The van der Waals surface area contributed by atoms with E-state index >= 15 is 0 Å². The predicted molar refractivity (Wildman–Crippen MR) is 124 cm³/mol. The molecule has 0 bridgehead atoms. The van der Waals surface area contributed by atoms with Crippen molar-refractivity contribution in [3.8, 4) is 17.5 Å². The quantitative estimate of drug-likeness (QED) is 0.451. The number of aliphatic hydroxyl groups excluding tert-OH is 1. The Bertz CT molecular complexity index is 1330. The first kappa shape index (κ1) is 23.4. The van der Waals surface area contributed by atoms with Gasteiger partial charge < -0.3 is 9.84 Å². The molecule has 0 fully saturated rings. The minimum atomic E-state index is -1.06. The van der Waals surface area contributed by atoms with Crippen LogP contribution in [0.1, 0.15) is 47.4 Å². The number of ether oxygens (including phenoxy) is 1. The Morgan fingerprint density at radius 2 is 1.94 bits per heavy atom. The molecule has 0 spiro atoms. The van der Waals surface area contributed by atoms with Gasteiger partial charge in [-0.15, -0.1) is 0 Å². The lowest BCUT2D eigenvalue weighted by atomic mass is 9.68. The number of methoxy groups -OCH3 is 1. The average molecular weight is 462 g/mol. The number of benzene rings is 2. The number of halogens is 2. The number of rotatable bonds is 4. The van der Waals surface area contributed by atoms with E-state index in [1.807, 2.05) is 19.9 Å². The first-order valence-electron chi connectivity index (χ1n) is 10.9. The van der Waals surface area contributed by atoms with Crippen LogP contribution < -0.4 is 0 Å². The molecule has 1 aromatic heterocycles. The van der Waals surface area contributed by atoms with E-state index in [1.54, 1.807) is 23.0 Å². The maximum atomic E-state index is 13.6. The van der Waals surface area contributed by atoms with Gasteiger partial charge in [-0.1, -0.05) is 31.3 Å². The van der Waals surface area contributed by atoms with Crippen LogP contribution in [0.4, 0.5) is 8.78 Å². The lowest BCUT2D eigenvalue weighted by Gasteiger charge is -2.37. The summed E-state index contributed by atoms with van der Waals surface area (Å²) in [6.45, 7) is 3.94. The Balaban J connectivity index is 1.68. The molecule has 34 heavy (non-hydrogen) atoms. The molecule has 0 saturated heterocycles. The highest BCUT2D eigenvalue weighted by Gasteiger charge is 2.39. The van der Waals surface area contributed by atoms with E-state index in [9.17, 15) is 18.7 Å².